The summed E-state index contributed by atoms with van der Waals surface area (Å²) >= 11 is 11.6. The molecule has 4 heterocycles. The molecule has 0 saturated carbocycles. The molecule has 8 nitrogen and oxygen atoms in total. The van der Waals surface area contributed by atoms with Gasteiger partial charge >= 0.3 is 30.0 Å². The van der Waals surface area contributed by atoms with Gasteiger partial charge in [0.05, 0.1) is 35.6 Å². The molecule has 14 heteroatoms. The summed E-state index contributed by atoms with van der Waals surface area (Å²) in [5.41, 5.74) is 15.0. The van der Waals surface area contributed by atoms with E-state index in [1.165, 1.54) is 74.2 Å². The van der Waals surface area contributed by atoms with Crippen molar-refractivity contribution in [2.24, 2.45) is 10.8 Å². The average Bonchev–Trinajstić information content (AvgIpc) is 3.63. The van der Waals surface area contributed by atoms with Crippen LogP contribution in [0.2, 0.25) is 0 Å². The van der Waals surface area contributed by atoms with Crippen molar-refractivity contribution in [1.82, 2.24) is 19.9 Å². The van der Waals surface area contributed by atoms with Gasteiger partial charge in [-0.3, -0.25) is 9.59 Å². The van der Waals surface area contributed by atoms with E-state index in [1.54, 1.807) is 24.0 Å². The topological polar surface area (TPSA) is 126 Å². The number of hydrogen-bond acceptors (Lipinski definition) is 8. The molecule has 0 radical (unpaired) electrons. The monoisotopic (exact) mass is 1170 g/mol. The molecular weight excluding hydrogens is 1100 g/mol. The van der Waals surface area contributed by atoms with Gasteiger partial charge in [-0.15, -0.1) is 22.7 Å². The second-order valence-electron chi connectivity index (χ2n) is 17.9. The fourth-order valence-corrected chi connectivity index (χ4v) is 10.2. The maximum atomic E-state index is 9.00. The summed E-state index contributed by atoms with van der Waals surface area (Å²) in [6.07, 6.45) is 4.49. The molecule has 2 N–H and O–H groups in total. The number of rotatable bonds is 5. The van der Waals surface area contributed by atoms with Crippen molar-refractivity contribution in [2.75, 3.05) is 0 Å². The third-order valence-corrected chi connectivity index (χ3v) is 11.0. The number of carboxylic acids is 2. The van der Waals surface area contributed by atoms with Gasteiger partial charge in [0.1, 0.15) is 12.7 Å². The Morgan fingerprint density at radius 1 is 0.667 bits per heavy atom. The van der Waals surface area contributed by atoms with Crippen LogP contribution in [0.15, 0.2) is 52.8 Å². The first kappa shape index (κ1) is 62.8. The normalized spacial score (nSPS) is 10.6. The Morgan fingerprint density at radius 3 is 1.27 bits per heavy atom. The SMILES string of the molecule is C.CC(=O)O.CC(=O)O.Cc1cc(C)cc(-c2ncnc3c(C(C)C)c(Br)sc23)c1.Cc1cc(C)cc(-c2ncnc3c(C(C)C)c(CC(C)(C)C)sc23)c1.[CH2-]C(C)(C)C.[Pd].[Zn+][Br]. The number of thiophene rings is 2. The zero-order chi connectivity index (χ0) is 47.2. The van der Waals surface area contributed by atoms with Crippen LogP contribution in [0.25, 0.3) is 42.9 Å². The molecular formula is C49H68Br2N4O4PdS2Zn. The van der Waals surface area contributed by atoms with Crippen molar-refractivity contribution in [2.45, 2.75) is 136 Å². The Balaban J connectivity index is 0. The number of carbonyl (C=O) groups is 2. The minimum atomic E-state index is -0.833. The second kappa shape index (κ2) is 28.7. The molecule has 0 saturated heterocycles. The molecule has 0 aliphatic heterocycles. The average molecular weight is 1170 g/mol. The van der Waals surface area contributed by atoms with Crippen molar-refractivity contribution in [3.8, 4) is 22.5 Å². The molecule has 0 aliphatic carbocycles. The van der Waals surface area contributed by atoms with E-state index in [9.17, 15) is 0 Å². The number of hydrogen-bond donors (Lipinski definition) is 2. The fourth-order valence-electron chi connectivity index (χ4n) is 6.22. The van der Waals surface area contributed by atoms with Crippen LogP contribution in [-0.2, 0) is 52.8 Å². The number of aryl methyl sites for hydroxylation is 4. The van der Waals surface area contributed by atoms with Crippen molar-refractivity contribution in [3.63, 3.8) is 0 Å². The van der Waals surface area contributed by atoms with E-state index >= 15 is 0 Å². The van der Waals surface area contributed by atoms with E-state index < -0.39 is 11.9 Å². The Labute approximate surface area is 425 Å². The van der Waals surface area contributed by atoms with Gasteiger partial charge < -0.3 is 17.1 Å². The van der Waals surface area contributed by atoms with Gasteiger partial charge in [-0.25, -0.2) is 19.9 Å². The number of aliphatic carboxylic acids is 2. The first-order chi connectivity index (χ1) is 28.1. The van der Waals surface area contributed by atoms with Crippen molar-refractivity contribution in [1.29, 1.82) is 0 Å². The molecule has 63 heavy (non-hydrogen) atoms. The van der Waals surface area contributed by atoms with E-state index in [2.05, 4.69) is 190 Å². The molecule has 346 valence electrons. The zero-order valence-electron chi connectivity index (χ0n) is 39.3. The predicted octanol–water partition coefficient (Wildman–Crippen LogP) is 16.1. The van der Waals surface area contributed by atoms with E-state index in [1.807, 2.05) is 11.3 Å². The molecule has 2 aromatic carbocycles. The van der Waals surface area contributed by atoms with Crippen LogP contribution in [0, 0.1) is 45.4 Å². The molecule has 6 aromatic rings. The van der Waals surface area contributed by atoms with E-state index in [0.29, 0.717) is 11.8 Å². The summed E-state index contributed by atoms with van der Waals surface area (Å²) in [4.78, 5) is 37.9. The number of fused-ring (bicyclic) bond motifs is 2. The van der Waals surface area contributed by atoms with Crippen LogP contribution in [0.4, 0.5) is 0 Å². The molecule has 4 aromatic heterocycles. The standard InChI is InChI=1S/C22H28N2S.C17H17BrN2S.C5H11.2C2H4O2.CH4.BrH.Pd.Zn/c1-13(2)18-17(11-22(5,6)7)25-21-19(23-12-24-20(18)21)16-9-14(3)8-15(4)10-16;1-9(2)13-15-16(21-17(13)18)14(19-8-20-15)12-6-10(3)5-11(4)7-12;1-5(2,3)4;2*1-2(3)4;;;;/h8-10,12-13H,11H2,1-7H3;5-9H,1-4H3;1H2,2-4H3;2*1H3,(H,3,4);1H4;1H;;/q;;-1;;;;;;+2/p-1. The maximum absolute atomic E-state index is 9.00. The van der Waals surface area contributed by atoms with E-state index in [-0.39, 0.29) is 38.7 Å². The number of aromatic nitrogens is 4. The molecule has 0 unspecified atom stereocenters. The molecule has 0 aliphatic rings. The first-order valence-corrected chi connectivity index (χ1v) is 29.3. The van der Waals surface area contributed by atoms with Crippen molar-refractivity contribution < 1.29 is 56.6 Å². The summed E-state index contributed by atoms with van der Waals surface area (Å²) in [5.74, 6) is -0.761. The Hall–Kier alpha value is -2.29. The molecule has 0 fully saturated rings. The summed E-state index contributed by atoms with van der Waals surface area (Å²) in [6, 6.07) is 13.2. The summed E-state index contributed by atoms with van der Waals surface area (Å²) in [6.45, 7) is 36.6. The molecule has 0 amide bonds. The second-order valence-corrected chi connectivity index (χ2v) is 21.4. The van der Waals surface area contributed by atoms with Crippen molar-refractivity contribution >= 4 is 84.6 Å². The Bertz CT molecular complexity index is 2300. The zero-order valence-corrected chi connectivity index (χ0v) is 48.6. The van der Waals surface area contributed by atoms with Gasteiger partial charge in [-0.05, 0) is 97.1 Å². The first-order valence-electron chi connectivity index (χ1n) is 20.0. The molecule has 0 atom stereocenters. The summed E-state index contributed by atoms with van der Waals surface area (Å²) in [7, 11) is 0. The van der Waals surface area contributed by atoms with E-state index in [0.717, 1.165) is 47.4 Å². The van der Waals surface area contributed by atoms with Crippen LogP contribution in [-0.4, -0.2) is 42.1 Å². The van der Waals surface area contributed by atoms with Crippen LogP contribution in [0.5, 0.6) is 0 Å². The van der Waals surface area contributed by atoms with Gasteiger partial charge in [0.15, 0.2) is 0 Å². The van der Waals surface area contributed by atoms with Crippen LogP contribution >= 0.6 is 52.2 Å². The number of carboxylic acid groups (broad SMARTS) is 2. The van der Waals surface area contributed by atoms with Gasteiger partial charge in [0.2, 0.25) is 0 Å². The number of halogens is 2. The van der Waals surface area contributed by atoms with Gasteiger partial charge in [-0.1, -0.05) is 111 Å². The van der Waals surface area contributed by atoms with Crippen molar-refractivity contribution in [3.05, 3.63) is 98.0 Å². The number of nitrogens with zero attached hydrogens (tertiary/aromatic N) is 4. The Kier molecular flexibility index (Phi) is 28.6. The van der Waals surface area contributed by atoms with Crippen LogP contribution < -0.4 is 0 Å². The third-order valence-electron chi connectivity index (χ3n) is 7.88. The quantitative estimate of drug-likeness (QED) is 0.129. The van der Waals surface area contributed by atoms with Gasteiger partial charge in [0, 0.05) is 55.8 Å². The fraction of sp³-hybridized carbons (Fsp3) is 0.449. The Morgan fingerprint density at radius 2 is 0.968 bits per heavy atom. The van der Waals surface area contributed by atoms with Crippen LogP contribution in [0.1, 0.15) is 141 Å². The molecule has 0 bridgehead atoms. The van der Waals surface area contributed by atoms with Gasteiger partial charge in [0.25, 0.3) is 11.9 Å². The molecule has 0 spiro atoms. The summed E-state index contributed by atoms with van der Waals surface area (Å²) < 4.78 is 3.56. The molecule has 6 rings (SSSR count). The predicted molar refractivity (Wildman–Crippen MR) is 271 cm³/mol. The number of benzene rings is 2. The van der Waals surface area contributed by atoms with Crippen LogP contribution in [0.3, 0.4) is 0 Å². The third kappa shape index (κ3) is 22.2. The van der Waals surface area contributed by atoms with E-state index in [4.69, 9.17) is 19.8 Å². The minimum absolute atomic E-state index is 0. The van der Waals surface area contributed by atoms with Gasteiger partial charge in [-0.2, -0.15) is 5.41 Å². The summed E-state index contributed by atoms with van der Waals surface area (Å²) in [5, 5.41) is 14.8.